The molecule has 0 aliphatic carbocycles. The zero-order valence-corrected chi connectivity index (χ0v) is 10.2. The summed E-state index contributed by atoms with van der Waals surface area (Å²) in [5, 5.41) is 0. The third-order valence-corrected chi connectivity index (χ3v) is 2.56. The fraction of sp³-hybridized carbons (Fsp3) is 0.308. The van der Waals surface area contributed by atoms with Crippen LogP contribution in [0, 0.1) is 0 Å². The highest BCUT2D eigenvalue weighted by atomic mass is 16.5. The largest absolute Gasteiger partial charge is 0.494 e. The Kier molecular flexibility index (Phi) is 3.32. The maximum atomic E-state index is 5.94. The van der Waals surface area contributed by atoms with Gasteiger partial charge in [-0.25, -0.2) is 4.98 Å². The SMILES string of the molecule is CCCOc1cccc(-c2ncn(C)c2N)c1. The molecule has 1 aromatic heterocycles. The van der Waals surface area contributed by atoms with E-state index in [-0.39, 0.29) is 0 Å². The first kappa shape index (κ1) is 11.5. The third-order valence-electron chi connectivity index (χ3n) is 2.56. The molecule has 4 nitrogen and oxygen atoms in total. The average molecular weight is 231 g/mol. The summed E-state index contributed by atoms with van der Waals surface area (Å²) in [6, 6.07) is 7.85. The molecule has 0 atom stereocenters. The molecular weight excluding hydrogens is 214 g/mol. The number of anilines is 1. The molecule has 2 rings (SSSR count). The minimum atomic E-state index is 0.664. The van der Waals surface area contributed by atoms with E-state index in [0.717, 1.165) is 30.0 Å². The van der Waals surface area contributed by atoms with Crippen LogP contribution in [0.1, 0.15) is 13.3 Å². The van der Waals surface area contributed by atoms with Gasteiger partial charge in [0.25, 0.3) is 0 Å². The van der Waals surface area contributed by atoms with E-state index >= 15 is 0 Å². The summed E-state index contributed by atoms with van der Waals surface area (Å²) < 4.78 is 7.39. The van der Waals surface area contributed by atoms with E-state index in [1.807, 2.05) is 31.3 Å². The van der Waals surface area contributed by atoms with Crippen LogP contribution in [0.15, 0.2) is 30.6 Å². The molecule has 0 aliphatic rings. The number of aryl methyl sites for hydroxylation is 1. The number of aromatic nitrogens is 2. The Labute approximate surface area is 101 Å². The number of nitrogens with two attached hydrogens (primary N) is 1. The van der Waals surface area contributed by atoms with Crippen LogP contribution >= 0.6 is 0 Å². The van der Waals surface area contributed by atoms with Gasteiger partial charge in [0.05, 0.1) is 12.9 Å². The Morgan fingerprint density at radius 1 is 1.41 bits per heavy atom. The highest BCUT2D eigenvalue weighted by Crippen LogP contribution is 2.26. The first-order valence-corrected chi connectivity index (χ1v) is 5.72. The normalized spacial score (nSPS) is 10.5. The maximum Gasteiger partial charge on any atom is 0.131 e. The molecule has 0 spiro atoms. The van der Waals surface area contributed by atoms with Gasteiger partial charge in [-0.15, -0.1) is 0 Å². The van der Waals surface area contributed by atoms with E-state index < -0.39 is 0 Å². The molecule has 0 unspecified atom stereocenters. The Hall–Kier alpha value is -1.97. The van der Waals surface area contributed by atoms with Gasteiger partial charge in [-0.1, -0.05) is 19.1 Å². The molecule has 90 valence electrons. The van der Waals surface area contributed by atoms with Crippen LogP contribution in [0.25, 0.3) is 11.3 Å². The molecule has 0 saturated carbocycles. The van der Waals surface area contributed by atoms with Crippen molar-refractivity contribution in [3.63, 3.8) is 0 Å². The van der Waals surface area contributed by atoms with Gasteiger partial charge in [-0.3, -0.25) is 0 Å². The van der Waals surface area contributed by atoms with Crippen LogP contribution in [0.5, 0.6) is 5.75 Å². The van der Waals surface area contributed by atoms with E-state index in [0.29, 0.717) is 5.82 Å². The molecule has 0 radical (unpaired) electrons. The molecule has 0 fully saturated rings. The summed E-state index contributed by atoms with van der Waals surface area (Å²) in [6.07, 6.45) is 2.71. The Morgan fingerprint density at radius 3 is 2.88 bits per heavy atom. The molecule has 17 heavy (non-hydrogen) atoms. The summed E-state index contributed by atoms with van der Waals surface area (Å²) in [7, 11) is 1.88. The van der Waals surface area contributed by atoms with Crippen molar-refractivity contribution >= 4 is 5.82 Å². The lowest BCUT2D eigenvalue weighted by Crippen LogP contribution is -1.97. The number of nitrogen functional groups attached to an aromatic ring is 1. The van der Waals surface area contributed by atoms with Gasteiger partial charge >= 0.3 is 0 Å². The Balaban J connectivity index is 2.30. The zero-order valence-electron chi connectivity index (χ0n) is 10.2. The van der Waals surface area contributed by atoms with E-state index in [1.54, 1.807) is 10.9 Å². The first-order valence-electron chi connectivity index (χ1n) is 5.72. The lowest BCUT2D eigenvalue weighted by Gasteiger charge is -2.06. The van der Waals surface area contributed by atoms with Crippen LogP contribution in [-0.2, 0) is 7.05 Å². The van der Waals surface area contributed by atoms with Crippen LogP contribution in [0.3, 0.4) is 0 Å². The fourth-order valence-electron chi connectivity index (χ4n) is 1.62. The summed E-state index contributed by atoms with van der Waals surface area (Å²) in [5.41, 5.74) is 7.73. The topological polar surface area (TPSA) is 53.1 Å². The Morgan fingerprint density at radius 2 is 2.24 bits per heavy atom. The fourth-order valence-corrected chi connectivity index (χ4v) is 1.62. The van der Waals surface area contributed by atoms with Crippen molar-refractivity contribution in [2.45, 2.75) is 13.3 Å². The molecule has 0 amide bonds. The Bertz CT molecular complexity index is 505. The summed E-state index contributed by atoms with van der Waals surface area (Å²) in [6.45, 7) is 2.81. The molecule has 1 heterocycles. The molecule has 1 aromatic carbocycles. The van der Waals surface area contributed by atoms with Gasteiger partial charge in [0.2, 0.25) is 0 Å². The van der Waals surface area contributed by atoms with Gasteiger partial charge in [-0.05, 0) is 18.6 Å². The third kappa shape index (κ3) is 2.41. The molecule has 0 bridgehead atoms. The average Bonchev–Trinajstić information content (AvgIpc) is 2.68. The van der Waals surface area contributed by atoms with E-state index in [2.05, 4.69) is 11.9 Å². The number of benzene rings is 1. The lowest BCUT2D eigenvalue weighted by molar-refractivity contribution is 0.317. The smallest absolute Gasteiger partial charge is 0.131 e. The zero-order chi connectivity index (χ0) is 12.3. The minimum Gasteiger partial charge on any atom is -0.494 e. The van der Waals surface area contributed by atoms with Crippen molar-refractivity contribution in [3.05, 3.63) is 30.6 Å². The van der Waals surface area contributed by atoms with Gasteiger partial charge in [-0.2, -0.15) is 0 Å². The summed E-state index contributed by atoms with van der Waals surface area (Å²) in [5.74, 6) is 1.52. The van der Waals surface area contributed by atoms with Crippen molar-refractivity contribution in [3.8, 4) is 17.0 Å². The first-order chi connectivity index (χ1) is 8.22. The minimum absolute atomic E-state index is 0.664. The van der Waals surface area contributed by atoms with Crippen LogP contribution < -0.4 is 10.5 Å². The number of hydrogen-bond donors (Lipinski definition) is 1. The molecule has 0 aliphatic heterocycles. The van der Waals surface area contributed by atoms with Crippen LogP contribution in [0.4, 0.5) is 5.82 Å². The molecular formula is C13H17N3O. The molecule has 4 heteroatoms. The number of hydrogen-bond acceptors (Lipinski definition) is 3. The summed E-state index contributed by atoms with van der Waals surface area (Å²) in [4.78, 5) is 4.29. The van der Waals surface area contributed by atoms with Crippen LogP contribution in [-0.4, -0.2) is 16.2 Å². The van der Waals surface area contributed by atoms with Gasteiger partial charge in [0, 0.05) is 12.6 Å². The molecule has 2 aromatic rings. The number of ether oxygens (including phenoxy) is 1. The van der Waals surface area contributed by atoms with E-state index in [4.69, 9.17) is 10.5 Å². The van der Waals surface area contributed by atoms with Crippen LogP contribution in [0.2, 0.25) is 0 Å². The van der Waals surface area contributed by atoms with Crippen molar-refractivity contribution < 1.29 is 4.74 Å². The number of nitrogens with zero attached hydrogens (tertiary/aromatic N) is 2. The summed E-state index contributed by atoms with van der Waals surface area (Å²) >= 11 is 0. The molecule has 2 N–H and O–H groups in total. The van der Waals surface area contributed by atoms with Gasteiger partial charge in [0.15, 0.2) is 0 Å². The monoisotopic (exact) mass is 231 g/mol. The van der Waals surface area contributed by atoms with Crippen molar-refractivity contribution in [1.29, 1.82) is 0 Å². The highest BCUT2D eigenvalue weighted by molar-refractivity contribution is 5.71. The second-order valence-corrected chi connectivity index (χ2v) is 3.97. The van der Waals surface area contributed by atoms with Crippen molar-refractivity contribution in [1.82, 2.24) is 9.55 Å². The van der Waals surface area contributed by atoms with Crippen molar-refractivity contribution in [2.75, 3.05) is 12.3 Å². The number of imidazole rings is 1. The standard InChI is InChI=1S/C13H17N3O/c1-3-7-17-11-6-4-5-10(8-11)12-13(14)16(2)9-15-12/h4-6,8-9H,3,7,14H2,1-2H3. The molecule has 0 saturated heterocycles. The predicted molar refractivity (Wildman–Crippen MR) is 68.8 cm³/mol. The quantitative estimate of drug-likeness (QED) is 0.879. The van der Waals surface area contributed by atoms with Crippen molar-refractivity contribution in [2.24, 2.45) is 7.05 Å². The lowest BCUT2D eigenvalue weighted by atomic mass is 10.1. The number of rotatable bonds is 4. The second kappa shape index (κ2) is 4.91. The van der Waals surface area contributed by atoms with E-state index in [9.17, 15) is 0 Å². The highest BCUT2D eigenvalue weighted by Gasteiger charge is 2.08. The van der Waals surface area contributed by atoms with Gasteiger partial charge in [0.1, 0.15) is 17.3 Å². The predicted octanol–water partition coefficient (Wildman–Crippen LogP) is 2.46. The van der Waals surface area contributed by atoms with Gasteiger partial charge < -0.3 is 15.0 Å². The maximum absolute atomic E-state index is 5.94. The van der Waals surface area contributed by atoms with E-state index in [1.165, 1.54) is 0 Å². The second-order valence-electron chi connectivity index (χ2n) is 3.97.